The number of rotatable bonds is 12. The number of urea groups is 1. The van der Waals surface area contributed by atoms with Gasteiger partial charge in [0.2, 0.25) is 18.0 Å². The predicted octanol–water partition coefficient (Wildman–Crippen LogP) is 1.36. The van der Waals surface area contributed by atoms with Crippen molar-refractivity contribution in [3.8, 4) is 0 Å². The standard InChI is InChI=1S/C32H34N4O12/c1-18(37)36-29(28(47-22(5)41)27(46-21(4)40)25(45-20(3)39)17-44-19(2)38)48-26(34-36)16-35-31(43)33-30(42)32(35,23-12-8-6-9-13-23)24-14-10-7-11-15-24/h6-15,25,27-29H,16-17H2,1-5H3,(H,33,42,43)/t25-,27-,28+,29?/m0/s1. The molecule has 1 fully saturated rings. The summed E-state index contributed by atoms with van der Waals surface area (Å²) in [6.07, 6.45) is -6.60. The highest BCUT2D eigenvalue weighted by Crippen LogP contribution is 2.40. The van der Waals surface area contributed by atoms with Crippen LogP contribution in [0.3, 0.4) is 0 Å². The molecule has 0 saturated carbocycles. The van der Waals surface area contributed by atoms with E-state index in [1.54, 1.807) is 60.7 Å². The number of amides is 4. The van der Waals surface area contributed by atoms with Crippen LogP contribution in [0.4, 0.5) is 4.79 Å². The van der Waals surface area contributed by atoms with Crippen molar-refractivity contribution in [3.05, 3.63) is 71.8 Å². The third-order valence-corrected chi connectivity index (χ3v) is 7.26. The van der Waals surface area contributed by atoms with Gasteiger partial charge in [-0.2, -0.15) is 5.01 Å². The number of benzene rings is 2. The number of hydrazone groups is 1. The first kappa shape index (κ1) is 35.1. The van der Waals surface area contributed by atoms with E-state index in [0.29, 0.717) is 11.1 Å². The van der Waals surface area contributed by atoms with E-state index in [1.807, 2.05) is 0 Å². The van der Waals surface area contributed by atoms with Crippen molar-refractivity contribution in [1.29, 1.82) is 0 Å². The Balaban J connectivity index is 1.77. The van der Waals surface area contributed by atoms with E-state index in [0.717, 1.165) is 39.6 Å². The normalized spacial score (nSPS) is 18.4. The van der Waals surface area contributed by atoms with Crippen molar-refractivity contribution in [2.75, 3.05) is 13.2 Å². The summed E-state index contributed by atoms with van der Waals surface area (Å²) in [4.78, 5) is 89.6. The molecular formula is C32H34N4O12. The van der Waals surface area contributed by atoms with Crippen LogP contribution in [0.2, 0.25) is 0 Å². The van der Waals surface area contributed by atoms with Crippen LogP contribution in [0.25, 0.3) is 0 Å². The first-order valence-electron chi connectivity index (χ1n) is 14.7. The van der Waals surface area contributed by atoms with Crippen LogP contribution in [0.1, 0.15) is 45.7 Å². The van der Waals surface area contributed by atoms with Crippen LogP contribution in [0.15, 0.2) is 65.8 Å². The molecule has 1 saturated heterocycles. The van der Waals surface area contributed by atoms with Crippen LogP contribution in [-0.4, -0.2) is 95.2 Å². The summed E-state index contributed by atoms with van der Waals surface area (Å²) in [5.41, 5.74) is -0.800. The molecule has 16 nitrogen and oxygen atoms in total. The first-order chi connectivity index (χ1) is 22.7. The van der Waals surface area contributed by atoms with Crippen molar-refractivity contribution in [2.24, 2.45) is 5.10 Å². The van der Waals surface area contributed by atoms with Gasteiger partial charge in [-0.25, -0.2) is 4.79 Å². The minimum Gasteiger partial charge on any atom is -0.462 e. The van der Waals surface area contributed by atoms with Gasteiger partial charge in [0, 0.05) is 34.6 Å². The van der Waals surface area contributed by atoms with Gasteiger partial charge in [-0.3, -0.25) is 39.0 Å². The van der Waals surface area contributed by atoms with Gasteiger partial charge >= 0.3 is 29.9 Å². The van der Waals surface area contributed by atoms with Crippen molar-refractivity contribution in [1.82, 2.24) is 15.2 Å². The highest BCUT2D eigenvalue weighted by atomic mass is 16.6. The Kier molecular flexibility index (Phi) is 10.8. The fraction of sp³-hybridized carbons (Fsp3) is 0.375. The molecule has 1 unspecified atom stereocenters. The smallest absolute Gasteiger partial charge is 0.326 e. The quantitative estimate of drug-likeness (QED) is 0.194. The fourth-order valence-corrected chi connectivity index (χ4v) is 5.50. The summed E-state index contributed by atoms with van der Waals surface area (Å²) >= 11 is 0. The average molecular weight is 667 g/mol. The van der Waals surface area contributed by atoms with Crippen molar-refractivity contribution in [3.63, 3.8) is 0 Å². The number of hydrogen-bond acceptors (Lipinski definition) is 13. The molecule has 2 aromatic carbocycles. The summed E-state index contributed by atoms with van der Waals surface area (Å²) in [6, 6.07) is 16.3. The summed E-state index contributed by atoms with van der Waals surface area (Å²) < 4.78 is 27.3. The molecule has 0 radical (unpaired) electrons. The monoisotopic (exact) mass is 666 g/mol. The van der Waals surface area contributed by atoms with Crippen molar-refractivity contribution in [2.45, 2.75) is 64.7 Å². The fourth-order valence-electron chi connectivity index (χ4n) is 5.50. The lowest BCUT2D eigenvalue weighted by molar-refractivity contribution is -0.205. The zero-order valence-electron chi connectivity index (χ0n) is 26.7. The highest BCUT2D eigenvalue weighted by Gasteiger charge is 2.57. The molecule has 0 aliphatic carbocycles. The molecule has 4 atom stereocenters. The maximum absolute atomic E-state index is 13.7. The van der Waals surface area contributed by atoms with Gasteiger partial charge in [-0.15, -0.1) is 5.10 Å². The maximum atomic E-state index is 13.7. The summed E-state index contributed by atoms with van der Waals surface area (Å²) in [6.45, 7) is 4.23. The number of carbonyl (C=O) groups excluding carboxylic acids is 7. The second-order valence-corrected chi connectivity index (χ2v) is 10.8. The topological polar surface area (TPSA) is 197 Å². The molecule has 254 valence electrons. The molecule has 2 heterocycles. The van der Waals surface area contributed by atoms with E-state index >= 15 is 0 Å². The number of hydrogen-bond donors (Lipinski definition) is 1. The second-order valence-electron chi connectivity index (χ2n) is 10.8. The number of nitrogens with zero attached hydrogens (tertiary/aromatic N) is 3. The third-order valence-electron chi connectivity index (χ3n) is 7.26. The van der Waals surface area contributed by atoms with Gasteiger partial charge in [-0.05, 0) is 11.1 Å². The Labute approximate surface area is 274 Å². The molecule has 2 aliphatic rings. The summed E-state index contributed by atoms with van der Waals surface area (Å²) in [7, 11) is 0. The zero-order chi connectivity index (χ0) is 35.2. The molecule has 0 spiro atoms. The van der Waals surface area contributed by atoms with Gasteiger partial charge in [0.05, 0.1) is 0 Å². The van der Waals surface area contributed by atoms with Crippen LogP contribution < -0.4 is 5.32 Å². The summed E-state index contributed by atoms with van der Waals surface area (Å²) in [5, 5.41) is 7.40. The Hall–Kier alpha value is -5.80. The van der Waals surface area contributed by atoms with Gasteiger partial charge in [0.15, 0.2) is 23.9 Å². The van der Waals surface area contributed by atoms with E-state index in [2.05, 4.69) is 10.4 Å². The molecular weight excluding hydrogens is 632 g/mol. The molecule has 4 rings (SSSR count). The molecule has 1 N–H and O–H groups in total. The lowest BCUT2D eigenvalue weighted by Crippen LogP contribution is -2.56. The Morgan fingerprint density at radius 1 is 0.812 bits per heavy atom. The van der Waals surface area contributed by atoms with Crippen LogP contribution >= 0.6 is 0 Å². The van der Waals surface area contributed by atoms with E-state index in [-0.39, 0.29) is 5.90 Å². The third kappa shape index (κ3) is 7.43. The first-order valence-corrected chi connectivity index (χ1v) is 14.7. The number of nitrogens with one attached hydrogen (secondary N) is 1. The van der Waals surface area contributed by atoms with E-state index in [9.17, 15) is 33.6 Å². The number of esters is 4. The Morgan fingerprint density at radius 2 is 1.35 bits per heavy atom. The molecule has 0 aromatic heterocycles. The largest absolute Gasteiger partial charge is 0.462 e. The van der Waals surface area contributed by atoms with Crippen molar-refractivity contribution < 1.29 is 57.2 Å². The van der Waals surface area contributed by atoms with Gasteiger partial charge in [-0.1, -0.05) is 60.7 Å². The molecule has 2 aromatic rings. The van der Waals surface area contributed by atoms with Crippen molar-refractivity contribution >= 4 is 47.6 Å². The molecule has 16 heteroatoms. The SMILES string of the molecule is CC(=O)OC[C@H](OC(C)=O)[C@H](OC(C)=O)[C@@H](OC(C)=O)C1OC(CN2C(=O)NC(=O)C2(c2ccccc2)c2ccccc2)=NN1C(C)=O. The zero-order valence-corrected chi connectivity index (χ0v) is 26.7. The lowest BCUT2D eigenvalue weighted by atomic mass is 9.81. The highest BCUT2D eigenvalue weighted by molar-refractivity contribution is 6.10. The van der Waals surface area contributed by atoms with Gasteiger partial charge in [0.1, 0.15) is 13.2 Å². The molecule has 4 amide bonds. The minimum absolute atomic E-state index is 0.265. The van der Waals surface area contributed by atoms with Crippen LogP contribution in [-0.2, 0) is 58.0 Å². The van der Waals surface area contributed by atoms with Crippen LogP contribution in [0.5, 0.6) is 0 Å². The van der Waals surface area contributed by atoms with Crippen LogP contribution in [0, 0.1) is 0 Å². The van der Waals surface area contributed by atoms with E-state index in [4.69, 9.17) is 23.7 Å². The molecule has 48 heavy (non-hydrogen) atoms. The number of ether oxygens (including phenoxy) is 5. The number of imide groups is 1. The number of carbonyl (C=O) groups is 7. The Bertz CT molecular complexity index is 1570. The summed E-state index contributed by atoms with van der Waals surface area (Å²) in [5.74, 6) is -5.08. The van der Waals surface area contributed by atoms with Gasteiger partial charge < -0.3 is 23.7 Å². The average Bonchev–Trinajstić information content (AvgIpc) is 3.56. The predicted molar refractivity (Wildman–Crippen MR) is 162 cm³/mol. The maximum Gasteiger partial charge on any atom is 0.326 e. The lowest BCUT2D eigenvalue weighted by Gasteiger charge is -2.36. The molecule has 0 bridgehead atoms. The van der Waals surface area contributed by atoms with E-state index < -0.39 is 85.0 Å². The van der Waals surface area contributed by atoms with Gasteiger partial charge in [0.25, 0.3) is 5.91 Å². The minimum atomic E-state index is -1.72. The van der Waals surface area contributed by atoms with E-state index in [1.165, 1.54) is 4.90 Å². The second kappa shape index (κ2) is 14.7. The Morgan fingerprint density at radius 3 is 1.83 bits per heavy atom. The molecule has 2 aliphatic heterocycles.